The van der Waals surface area contributed by atoms with E-state index in [-0.39, 0.29) is 0 Å². The third kappa shape index (κ3) is 6.24. The highest BCUT2D eigenvalue weighted by atomic mass is 15.2. The zero-order valence-electron chi connectivity index (χ0n) is 17.5. The molecule has 0 saturated carbocycles. The number of para-hydroxylation sites is 1. The van der Waals surface area contributed by atoms with Crippen molar-refractivity contribution in [3.05, 3.63) is 36.5 Å². The van der Waals surface area contributed by atoms with Crippen LogP contribution in [0.1, 0.15) is 19.3 Å². The van der Waals surface area contributed by atoms with E-state index in [9.17, 15) is 0 Å². The topological polar surface area (TPSA) is 47.8 Å². The van der Waals surface area contributed by atoms with Gasteiger partial charge in [-0.3, -0.25) is 4.99 Å². The minimum Gasteiger partial charge on any atom is -0.356 e. The molecule has 1 aliphatic heterocycles. The number of hydrogen-bond donors (Lipinski definition) is 2. The van der Waals surface area contributed by atoms with Crippen molar-refractivity contribution in [1.82, 2.24) is 25.0 Å². The first-order chi connectivity index (χ1) is 13.8. The molecule has 2 heterocycles. The summed E-state index contributed by atoms with van der Waals surface area (Å²) in [4.78, 5) is 9.33. The van der Waals surface area contributed by atoms with Crippen LogP contribution in [0.3, 0.4) is 0 Å². The molecule has 0 aliphatic carbocycles. The monoisotopic (exact) mass is 384 g/mol. The third-order valence-electron chi connectivity index (χ3n) is 5.56. The van der Waals surface area contributed by atoms with Crippen LogP contribution in [0, 0.1) is 0 Å². The first-order valence-corrected chi connectivity index (χ1v) is 10.7. The average molecular weight is 385 g/mol. The Bertz CT molecular complexity index is 729. The molecule has 3 rings (SSSR count). The van der Waals surface area contributed by atoms with E-state index < -0.39 is 0 Å². The number of aryl methyl sites for hydroxylation is 1. The van der Waals surface area contributed by atoms with Crippen molar-refractivity contribution in [2.24, 2.45) is 4.99 Å². The Morgan fingerprint density at radius 2 is 1.68 bits per heavy atom. The maximum absolute atomic E-state index is 4.34. The molecule has 0 bridgehead atoms. The SMILES string of the molecule is CN=C(NCCCCN1CCN(C)CC1)NCCCn1ccc2ccccc21. The van der Waals surface area contributed by atoms with E-state index in [1.165, 1.54) is 56.5 Å². The molecule has 2 aromatic rings. The van der Waals surface area contributed by atoms with E-state index in [0.717, 1.165) is 32.0 Å². The van der Waals surface area contributed by atoms with Crippen molar-refractivity contribution in [2.75, 3.05) is 59.9 Å². The van der Waals surface area contributed by atoms with Gasteiger partial charge in [0, 0.05) is 64.6 Å². The van der Waals surface area contributed by atoms with Crippen molar-refractivity contribution >= 4 is 16.9 Å². The van der Waals surface area contributed by atoms with Gasteiger partial charge in [0.1, 0.15) is 0 Å². The van der Waals surface area contributed by atoms with Crippen molar-refractivity contribution in [3.63, 3.8) is 0 Å². The van der Waals surface area contributed by atoms with Gasteiger partial charge in [-0.05, 0) is 50.4 Å². The van der Waals surface area contributed by atoms with Gasteiger partial charge in [0.05, 0.1) is 0 Å². The van der Waals surface area contributed by atoms with Crippen LogP contribution in [-0.2, 0) is 6.54 Å². The van der Waals surface area contributed by atoms with E-state index in [4.69, 9.17) is 0 Å². The summed E-state index contributed by atoms with van der Waals surface area (Å²) in [6, 6.07) is 10.7. The number of aromatic nitrogens is 1. The summed E-state index contributed by atoms with van der Waals surface area (Å²) < 4.78 is 2.32. The Labute approximate surface area is 169 Å². The second-order valence-electron chi connectivity index (χ2n) is 7.70. The smallest absolute Gasteiger partial charge is 0.190 e. The lowest BCUT2D eigenvalue weighted by atomic mass is 10.2. The summed E-state index contributed by atoms with van der Waals surface area (Å²) in [5.74, 6) is 0.914. The fourth-order valence-electron chi connectivity index (χ4n) is 3.75. The van der Waals surface area contributed by atoms with Gasteiger partial charge in [-0.15, -0.1) is 0 Å². The number of piperazine rings is 1. The van der Waals surface area contributed by atoms with Gasteiger partial charge in [0.2, 0.25) is 0 Å². The van der Waals surface area contributed by atoms with E-state index in [1.54, 1.807) is 0 Å². The molecule has 0 atom stereocenters. The quantitative estimate of drug-likeness (QED) is 0.395. The van der Waals surface area contributed by atoms with Crippen LogP contribution >= 0.6 is 0 Å². The summed E-state index contributed by atoms with van der Waals surface area (Å²) in [6.45, 7) is 8.97. The minimum atomic E-state index is 0.914. The maximum Gasteiger partial charge on any atom is 0.190 e. The number of nitrogens with zero attached hydrogens (tertiary/aromatic N) is 4. The number of aliphatic imine (C=N–C) groups is 1. The molecule has 0 spiro atoms. The molecule has 6 heteroatoms. The summed E-state index contributed by atoms with van der Waals surface area (Å²) in [5, 5.41) is 8.19. The summed E-state index contributed by atoms with van der Waals surface area (Å²) in [6.07, 6.45) is 5.68. The van der Waals surface area contributed by atoms with Crippen LogP contribution in [-0.4, -0.2) is 80.2 Å². The first-order valence-electron chi connectivity index (χ1n) is 10.7. The molecule has 2 N–H and O–H groups in total. The van der Waals surface area contributed by atoms with Crippen molar-refractivity contribution in [2.45, 2.75) is 25.8 Å². The molecule has 6 nitrogen and oxygen atoms in total. The van der Waals surface area contributed by atoms with E-state index in [1.807, 2.05) is 7.05 Å². The number of fused-ring (bicyclic) bond motifs is 1. The van der Waals surface area contributed by atoms with Crippen LogP contribution in [0.15, 0.2) is 41.5 Å². The maximum atomic E-state index is 4.34. The highest BCUT2D eigenvalue weighted by molar-refractivity contribution is 5.80. The molecule has 0 amide bonds. The van der Waals surface area contributed by atoms with Crippen LogP contribution in [0.2, 0.25) is 0 Å². The van der Waals surface area contributed by atoms with Gasteiger partial charge in [0.25, 0.3) is 0 Å². The minimum absolute atomic E-state index is 0.914. The largest absolute Gasteiger partial charge is 0.356 e. The lowest BCUT2D eigenvalue weighted by Crippen LogP contribution is -2.44. The zero-order valence-corrected chi connectivity index (χ0v) is 17.5. The normalized spacial score (nSPS) is 16.6. The van der Waals surface area contributed by atoms with Crippen molar-refractivity contribution < 1.29 is 0 Å². The van der Waals surface area contributed by atoms with Crippen LogP contribution in [0.25, 0.3) is 10.9 Å². The molecule has 0 unspecified atom stereocenters. The molecular weight excluding hydrogens is 348 g/mol. The number of rotatable bonds is 9. The highest BCUT2D eigenvalue weighted by Crippen LogP contribution is 2.15. The predicted molar refractivity (Wildman–Crippen MR) is 119 cm³/mol. The molecule has 1 aromatic heterocycles. The second kappa shape index (κ2) is 11.1. The number of benzene rings is 1. The molecular formula is C22H36N6. The highest BCUT2D eigenvalue weighted by Gasteiger charge is 2.12. The van der Waals surface area contributed by atoms with E-state index in [2.05, 4.69) is 73.6 Å². The van der Waals surface area contributed by atoms with Gasteiger partial charge in [0.15, 0.2) is 5.96 Å². The molecule has 1 saturated heterocycles. The first kappa shape index (κ1) is 20.7. The lowest BCUT2D eigenvalue weighted by molar-refractivity contribution is 0.152. The Hall–Kier alpha value is -2.05. The van der Waals surface area contributed by atoms with Crippen LogP contribution in [0.4, 0.5) is 0 Å². The van der Waals surface area contributed by atoms with Crippen LogP contribution in [0.5, 0.6) is 0 Å². The number of guanidine groups is 1. The molecule has 1 aromatic carbocycles. The number of nitrogens with one attached hydrogen (secondary N) is 2. The summed E-state index contributed by atoms with van der Waals surface area (Å²) in [5.41, 5.74) is 1.31. The predicted octanol–water partition coefficient (Wildman–Crippen LogP) is 2.22. The molecule has 154 valence electrons. The van der Waals surface area contributed by atoms with E-state index >= 15 is 0 Å². The van der Waals surface area contributed by atoms with Crippen molar-refractivity contribution in [3.8, 4) is 0 Å². The Kier molecular flexibility index (Phi) is 8.18. The molecule has 1 aliphatic rings. The van der Waals surface area contributed by atoms with Crippen molar-refractivity contribution in [1.29, 1.82) is 0 Å². The van der Waals surface area contributed by atoms with Gasteiger partial charge < -0.3 is 25.0 Å². The average Bonchev–Trinajstić information content (AvgIpc) is 3.14. The summed E-state index contributed by atoms with van der Waals surface area (Å²) >= 11 is 0. The fourth-order valence-corrected chi connectivity index (χ4v) is 3.75. The van der Waals surface area contributed by atoms with Gasteiger partial charge in [-0.1, -0.05) is 18.2 Å². The third-order valence-corrected chi connectivity index (χ3v) is 5.56. The van der Waals surface area contributed by atoms with Gasteiger partial charge >= 0.3 is 0 Å². The molecule has 1 fully saturated rings. The number of hydrogen-bond acceptors (Lipinski definition) is 3. The fraction of sp³-hybridized carbons (Fsp3) is 0.591. The Balaban J connectivity index is 1.25. The molecule has 0 radical (unpaired) electrons. The number of unbranched alkanes of at least 4 members (excludes halogenated alkanes) is 1. The van der Waals surface area contributed by atoms with Crippen LogP contribution < -0.4 is 10.6 Å². The summed E-state index contributed by atoms with van der Waals surface area (Å²) in [7, 11) is 4.06. The second-order valence-corrected chi connectivity index (χ2v) is 7.70. The lowest BCUT2D eigenvalue weighted by Gasteiger charge is -2.32. The molecule has 28 heavy (non-hydrogen) atoms. The standard InChI is InChI=1S/C22H36N6/c1-23-22(24-11-5-6-13-27-18-16-26(2)17-19-27)25-12-7-14-28-15-10-20-8-3-4-9-21(20)28/h3-4,8-10,15H,5-7,11-14,16-19H2,1-2H3,(H2,23,24,25). The van der Waals surface area contributed by atoms with E-state index in [0.29, 0.717) is 0 Å². The Morgan fingerprint density at radius 3 is 2.46 bits per heavy atom. The zero-order chi connectivity index (χ0) is 19.6. The Morgan fingerprint density at radius 1 is 0.929 bits per heavy atom. The van der Waals surface area contributed by atoms with Gasteiger partial charge in [-0.25, -0.2) is 0 Å². The van der Waals surface area contributed by atoms with Gasteiger partial charge in [-0.2, -0.15) is 0 Å². The number of likely N-dealkylation sites (N-methyl/N-ethyl adjacent to an activating group) is 1.